The molecule has 1 saturated carbocycles. The minimum absolute atomic E-state index is 0.130. The molecule has 34 heavy (non-hydrogen) atoms. The van der Waals surface area contributed by atoms with Crippen molar-refractivity contribution in [1.82, 2.24) is 19.5 Å². The van der Waals surface area contributed by atoms with E-state index in [1.54, 1.807) is 0 Å². The lowest BCUT2D eigenvalue weighted by Gasteiger charge is -2.14. The summed E-state index contributed by atoms with van der Waals surface area (Å²) in [5.74, 6) is 1.27. The molecule has 176 valence electrons. The highest BCUT2D eigenvalue weighted by atomic mass is 16.3. The van der Waals surface area contributed by atoms with E-state index in [0.717, 1.165) is 46.4 Å². The summed E-state index contributed by atoms with van der Waals surface area (Å²) in [6.07, 6.45) is 7.34. The van der Waals surface area contributed by atoms with Gasteiger partial charge < -0.3 is 26.0 Å². The van der Waals surface area contributed by atoms with Crippen molar-refractivity contribution in [2.45, 2.75) is 44.7 Å². The van der Waals surface area contributed by atoms with Gasteiger partial charge in [0.15, 0.2) is 17.0 Å². The van der Waals surface area contributed by atoms with Crippen LogP contribution in [0.1, 0.15) is 43.7 Å². The van der Waals surface area contributed by atoms with Gasteiger partial charge in [-0.15, -0.1) is 0 Å². The number of anilines is 3. The first-order chi connectivity index (χ1) is 16.7. The fourth-order valence-corrected chi connectivity index (χ4v) is 4.60. The first-order valence-electron chi connectivity index (χ1n) is 12.0. The van der Waals surface area contributed by atoms with E-state index >= 15 is 0 Å². The SMILES string of the molecule is Nc1ccccc1-c1ccc(CNc2nc(NCCCO)nc3c2ncn3C2CCCC2)cc1. The van der Waals surface area contributed by atoms with Crippen LogP contribution in [0.5, 0.6) is 0 Å². The molecule has 2 aromatic heterocycles. The van der Waals surface area contributed by atoms with Gasteiger partial charge >= 0.3 is 0 Å². The predicted octanol–water partition coefficient (Wildman–Crippen LogP) is 4.60. The minimum atomic E-state index is 0.130. The molecule has 4 aromatic rings. The van der Waals surface area contributed by atoms with Crippen LogP contribution in [0, 0.1) is 0 Å². The van der Waals surface area contributed by atoms with E-state index in [9.17, 15) is 0 Å². The average molecular weight is 458 g/mol. The molecule has 2 heterocycles. The van der Waals surface area contributed by atoms with Crippen LogP contribution >= 0.6 is 0 Å². The Bertz CT molecular complexity index is 1250. The number of nitrogens with one attached hydrogen (secondary N) is 2. The standard InChI is InChI=1S/C26H31N7O/c27-22-9-4-3-8-21(22)19-12-10-18(11-13-19)16-29-24-23-25(32-26(31-24)28-14-5-15-34)33(17-30-23)20-6-1-2-7-20/h3-4,8-13,17,20,34H,1-2,5-7,14-16,27H2,(H2,28,29,31,32). The van der Waals surface area contributed by atoms with Gasteiger partial charge in [0.05, 0.1) is 6.33 Å². The second kappa shape index (κ2) is 10.1. The molecule has 0 amide bonds. The topological polar surface area (TPSA) is 114 Å². The minimum Gasteiger partial charge on any atom is -0.398 e. The van der Waals surface area contributed by atoms with Crippen LogP contribution in [0.2, 0.25) is 0 Å². The summed E-state index contributed by atoms with van der Waals surface area (Å²) in [5, 5.41) is 15.8. The maximum absolute atomic E-state index is 9.13. The molecule has 0 radical (unpaired) electrons. The molecule has 8 heteroatoms. The van der Waals surface area contributed by atoms with Crippen LogP contribution in [0.25, 0.3) is 22.3 Å². The van der Waals surface area contributed by atoms with Gasteiger partial charge in [0, 0.05) is 37.0 Å². The number of aliphatic hydroxyl groups excluding tert-OH is 1. The molecule has 1 aliphatic rings. The number of hydrogen-bond donors (Lipinski definition) is 4. The van der Waals surface area contributed by atoms with Crippen molar-refractivity contribution in [1.29, 1.82) is 0 Å². The fourth-order valence-electron chi connectivity index (χ4n) is 4.60. The molecule has 8 nitrogen and oxygen atoms in total. The van der Waals surface area contributed by atoms with Crippen LogP contribution in [0.3, 0.4) is 0 Å². The third-order valence-electron chi connectivity index (χ3n) is 6.44. The molecule has 0 bridgehead atoms. The van der Waals surface area contributed by atoms with E-state index in [0.29, 0.717) is 37.3 Å². The zero-order valence-electron chi connectivity index (χ0n) is 19.2. The lowest BCUT2D eigenvalue weighted by Crippen LogP contribution is -2.11. The molecule has 2 aromatic carbocycles. The number of imidazole rings is 1. The van der Waals surface area contributed by atoms with Gasteiger partial charge in [0.1, 0.15) is 0 Å². The van der Waals surface area contributed by atoms with Crippen LogP contribution in [0.4, 0.5) is 17.5 Å². The lowest BCUT2D eigenvalue weighted by atomic mass is 10.0. The van der Waals surface area contributed by atoms with Gasteiger partial charge in [0.2, 0.25) is 5.95 Å². The van der Waals surface area contributed by atoms with Crippen molar-refractivity contribution >= 4 is 28.6 Å². The Balaban J connectivity index is 1.38. The number of para-hydroxylation sites is 1. The molecule has 1 fully saturated rings. The highest BCUT2D eigenvalue weighted by molar-refractivity contribution is 5.84. The van der Waals surface area contributed by atoms with E-state index in [2.05, 4.69) is 44.5 Å². The molecule has 5 rings (SSSR count). The van der Waals surface area contributed by atoms with E-state index in [1.807, 2.05) is 30.6 Å². The number of nitrogens with two attached hydrogens (primary N) is 1. The molecule has 1 aliphatic carbocycles. The summed E-state index contributed by atoms with van der Waals surface area (Å²) in [4.78, 5) is 14.1. The van der Waals surface area contributed by atoms with E-state index in [4.69, 9.17) is 20.8 Å². The number of nitrogens with zero attached hydrogens (tertiary/aromatic N) is 4. The summed E-state index contributed by atoms with van der Waals surface area (Å²) in [6, 6.07) is 16.7. The number of hydrogen-bond acceptors (Lipinski definition) is 7. The van der Waals surface area contributed by atoms with E-state index in [1.165, 1.54) is 12.8 Å². The number of aromatic nitrogens is 4. The van der Waals surface area contributed by atoms with Crippen molar-refractivity contribution in [3.8, 4) is 11.1 Å². The fraction of sp³-hybridized carbons (Fsp3) is 0.346. The highest BCUT2D eigenvalue weighted by Crippen LogP contribution is 2.33. The van der Waals surface area contributed by atoms with Crippen LogP contribution in [-0.2, 0) is 6.54 Å². The van der Waals surface area contributed by atoms with E-state index < -0.39 is 0 Å². The number of benzene rings is 2. The summed E-state index contributed by atoms with van der Waals surface area (Å²) < 4.78 is 2.20. The Hall–Kier alpha value is -3.65. The molecule has 0 aliphatic heterocycles. The van der Waals surface area contributed by atoms with Crippen molar-refractivity contribution in [3.05, 3.63) is 60.4 Å². The van der Waals surface area contributed by atoms with Crippen molar-refractivity contribution in [2.75, 3.05) is 29.5 Å². The third-order valence-corrected chi connectivity index (χ3v) is 6.44. The lowest BCUT2D eigenvalue weighted by molar-refractivity contribution is 0.292. The molecule has 0 saturated heterocycles. The number of rotatable bonds is 9. The molecule has 0 unspecified atom stereocenters. The number of nitrogen functional groups attached to an aromatic ring is 1. The molecule has 5 N–H and O–H groups in total. The molecular weight excluding hydrogens is 426 g/mol. The number of fused-ring (bicyclic) bond motifs is 1. The smallest absolute Gasteiger partial charge is 0.226 e. The zero-order valence-corrected chi connectivity index (χ0v) is 19.2. The Labute approximate surface area is 199 Å². The Kier molecular flexibility index (Phi) is 6.58. The van der Waals surface area contributed by atoms with Crippen LogP contribution < -0.4 is 16.4 Å². The second-order valence-corrected chi connectivity index (χ2v) is 8.80. The first-order valence-corrected chi connectivity index (χ1v) is 12.0. The Morgan fingerprint density at radius 3 is 2.56 bits per heavy atom. The molecular formula is C26H31N7O. The maximum Gasteiger partial charge on any atom is 0.226 e. The third kappa shape index (κ3) is 4.68. The zero-order chi connectivity index (χ0) is 23.3. The summed E-state index contributed by atoms with van der Waals surface area (Å²) in [6.45, 7) is 1.36. The van der Waals surface area contributed by atoms with Gasteiger partial charge in [-0.3, -0.25) is 0 Å². The van der Waals surface area contributed by atoms with Crippen molar-refractivity contribution in [3.63, 3.8) is 0 Å². The largest absolute Gasteiger partial charge is 0.398 e. The maximum atomic E-state index is 9.13. The van der Waals surface area contributed by atoms with Gasteiger partial charge in [-0.05, 0) is 36.5 Å². The first kappa shape index (κ1) is 22.2. The normalized spacial score (nSPS) is 14.0. The summed E-state index contributed by atoms with van der Waals surface area (Å²) in [5.41, 5.74) is 11.8. The highest BCUT2D eigenvalue weighted by Gasteiger charge is 2.21. The Morgan fingerprint density at radius 2 is 1.79 bits per heavy atom. The van der Waals surface area contributed by atoms with E-state index in [-0.39, 0.29) is 6.61 Å². The summed E-state index contributed by atoms with van der Waals surface area (Å²) in [7, 11) is 0. The van der Waals surface area contributed by atoms with Gasteiger partial charge in [-0.25, -0.2) is 4.98 Å². The quantitative estimate of drug-likeness (QED) is 0.215. The average Bonchev–Trinajstić information content (AvgIpc) is 3.53. The van der Waals surface area contributed by atoms with Gasteiger partial charge in [0.25, 0.3) is 0 Å². The summed E-state index contributed by atoms with van der Waals surface area (Å²) >= 11 is 0. The molecule has 0 atom stereocenters. The Morgan fingerprint density at radius 1 is 1.00 bits per heavy atom. The number of aliphatic hydroxyl groups is 1. The van der Waals surface area contributed by atoms with Crippen LogP contribution in [0.15, 0.2) is 54.9 Å². The van der Waals surface area contributed by atoms with Gasteiger partial charge in [-0.2, -0.15) is 9.97 Å². The van der Waals surface area contributed by atoms with Crippen LogP contribution in [-0.4, -0.2) is 37.8 Å². The second-order valence-electron chi connectivity index (χ2n) is 8.80. The van der Waals surface area contributed by atoms with Gasteiger partial charge in [-0.1, -0.05) is 55.3 Å². The van der Waals surface area contributed by atoms with Crippen molar-refractivity contribution in [2.24, 2.45) is 0 Å². The van der Waals surface area contributed by atoms with Crippen molar-refractivity contribution < 1.29 is 5.11 Å². The molecule has 0 spiro atoms. The monoisotopic (exact) mass is 457 g/mol. The predicted molar refractivity (Wildman–Crippen MR) is 137 cm³/mol.